The molecular weight excluding hydrogens is 392 g/mol. The maximum Gasteiger partial charge on any atom is 0.258 e. The van der Waals surface area contributed by atoms with Crippen LogP contribution in [0.2, 0.25) is 5.02 Å². The molecule has 0 saturated carbocycles. The molecule has 0 spiro atoms. The first-order valence-electron chi connectivity index (χ1n) is 9.62. The first-order chi connectivity index (χ1) is 14.0. The van der Waals surface area contributed by atoms with E-state index >= 15 is 0 Å². The van der Waals surface area contributed by atoms with Crippen molar-refractivity contribution in [2.45, 2.75) is 32.1 Å². The standard InChI is InChI=1S/C21H23ClN4O3/c22-15-10-11-18(23-14-15)25-21(29)16-6-1-2-7-17(16)24-19(27)8-3-4-12-26-13-5-9-20(26)28/h1-2,6-7,10-11,14H,3-5,8-9,12-13H2,(H,24,27)(H,23,25,29). The number of benzene rings is 1. The van der Waals surface area contributed by atoms with E-state index in [1.54, 1.807) is 36.4 Å². The predicted molar refractivity (Wildman–Crippen MR) is 112 cm³/mol. The molecule has 152 valence electrons. The van der Waals surface area contributed by atoms with E-state index in [9.17, 15) is 14.4 Å². The van der Waals surface area contributed by atoms with Crippen LogP contribution in [0, 0.1) is 0 Å². The second kappa shape index (κ2) is 10.0. The minimum Gasteiger partial charge on any atom is -0.343 e. The molecule has 7 nitrogen and oxygen atoms in total. The van der Waals surface area contributed by atoms with E-state index in [0.29, 0.717) is 47.9 Å². The predicted octanol–water partition coefficient (Wildman–Crippen LogP) is 3.72. The average molecular weight is 415 g/mol. The fraction of sp³-hybridized carbons (Fsp3) is 0.333. The van der Waals surface area contributed by atoms with Gasteiger partial charge in [-0.15, -0.1) is 0 Å². The number of rotatable bonds is 8. The number of para-hydroxylation sites is 1. The number of anilines is 2. The maximum absolute atomic E-state index is 12.6. The smallest absolute Gasteiger partial charge is 0.258 e. The van der Waals surface area contributed by atoms with Crippen LogP contribution in [0.3, 0.4) is 0 Å². The lowest BCUT2D eigenvalue weighted by molar-refractivity contribution is -0.127. The summed E-state index contributed by atoms with van der Waals surface area (Å²) in [6.07, 6.45) is 4.79. The molecule has 1 fully saturated rings. The number of carbonyl (C=O) groups excluding carboxylic acids is 3. The van der Waals surface area contributed by atoms with Gasteiger partial charge >= 0.3 is 0 Å². The second-order valence-corrected chi connectivity index (χ2v) is 7.29. The molecule has 8 heteroatoms. The number of unbranched alkanes of at least 4 members (excludes halogenated alkanes) is 1. The largest absolute Gasteiger partial charge is 0.343 e. The number of halogens is 1. The summed E-state index contributed by atoms with van der Waals surface area (Å²) < 4.78 is 0. The normalized spacial score (nSPS) is 13.4. The Kier molecular flexibility index (Phi) is 7.19. The number of hydrogen-bond acceptors (Lipinski definition) is 4. The Morgan fingerprint density at radius 2 is 1.93 bits per heavy atom. The molecule has 2 N–H and O–H groups in total. The minimum atomic E-state index is -0.372. The topological polar surface area (TPSA) is 91.4 Å². The van der Waals surface area contributed by atoms with E-state index in [0.717, 1.165) is 19.4 Å². The minimum absolute atomic E-state index is 0.164. The summed E-state index contributed by atoms with van der Waals surface area (Å²) in [6, 6.07) is 10.0. The summed E-state index contributed by atoms with van der Waals surface area (Å²) in [5, 5.41) is 5.97. The Labute approximate surface area is 174 Å². The van der Waals surface area contributed by atoms with E-state index in [2.05, 4.69) is 15.6 Å². The SMILES string of the molecule is O=C(CCCCN1CCCC1=O)Nc1ccccc1C(=O)Nc1ccc(Cl)cn1. The van der Waals surface area contributed by atoms with Crippen molar-refractivity contribution in [3.63, 3.8) is 0 Å². The summed E-state index contributed by atoms with van der Waals surface area (Å²) in [5.74, 6) is 0.0347. The Hall–Kier alpha value is -2.93. The van der Waals surface area contributed by atoms with Gasteiger partial charge in [-0.2, -0.15) is 0 Å². The molecule has 3 rings (SSSR count). The number of carbonyl (C=O) groups is 3. The van der Waals surface area contributed by atoms with Crippen LogP contribution in [0.15, 0.2) is 42.6 Å². The highest BCUT2D eigenvalue weighted by molar-refractivity contribution is 6.30. The highest BCUT2D eigenvalue weighted by Gasteiger charge is 2.19. The van der Waals surface area contributed by atoms with Gasteiger partial charge in [-0.05, 0) is 43.5 Å². The van der Waals surface area contributed by atoms with Crippen molar-refractivity contribution in [3.8, 4) is 0 Å². The van der Waals surface area contributed by atoms with Gasteiger partial charge in [0.2, 0.25) is 11.8 Å². The van der Waals surface area contributed by atoms with Gasteiger partial charge in [0.05, 0.1) is 16.3 Å². The Morgan fingerprint density at radius 1 is 1.10 bits per heavy atom. The Morgan fingerprint density at radius 3 is 2.66 bits per heavy atom. The van der Waals surface area contributed by atoms with Crippen molar-refractivity contribution in [1.29, 1.82) is 0 Å². The zero-order valence-corrected chi connectivity index (χ0v) is 16.7. The quantitative estimate of drug-likeness (QED) is 0.644. The zero-order chi connectivity index (χ0) is 20.6. The van der Waals surface area contributed by atoms with E-state index in [1.165, 1.54) is 6.20 Å². The monoisotopic (exact) mass is 414 g/mol. The van der Waals surface area contributed by atoms with Gasteiger partial charge < -0.3 is 15.5 Å². The van der Waals surface area contributed by atoms with Crippen LogP contribution in [0.1, 0.15) is 42.5 Å². The third-order valence-electron chi connectivity index (χ3n) is 4.67. The summed E-state index contributed by atoms with van der Waals surface area (Å²) in [4.78, 5) is 42.3. The average Bonchev–Trinajstić information content (AvgIpc) is 3.12. The van der Waals surface area contributed by atoms with Gasteiger partial charge in [-0.1, -0.05) is 23.7 Å². The van der Waals surface area contributed by atoms with E-state index in [1.807, 2.05) is 4.90 Å². The van der Waals surface area contributed by atoms with Crippen LogP contribution in [0.4, 0.5) is 11.5 Å². The number of aromatic nitrogens is 1. The van der Waals surface area contributed by atoms with Crippen molar-refractivity contribution < 1.29 is 14.4 Å². The van der Waals surface area contributed by atoms with Crippen molar-refractivity contribution in [2.24, 2.45) is 0 Å². The fourth-order valence-electron chi connectivity index (χ4n) is 3.16. The summed E-state index contributed by atoms with van der Waals surface area (Å²) in [7, 11) is 0. The molecule has 2 aromatic rings. The van der Waals surface area contributed by atoms with E-state index < -0.39 is 0 Å². The van der Waals surface area contributed by atoms with Gasteiger partial charge in [-0.3, -0.25) is 14.4 Å². The maximum atomic E-state index is 12.6. The molecule has 1 aromatic carbocycles. The molecule has 0 unspecified atom stereocenters. The molecule has 1 saturated heterocycles. The van der Waals surface area contributed by atoms with Crippen molar-refractivity contribution in [2.75, 3.05) is 23.7 Å². The fourth-order valence-corrected chi connectivity index (χ4v) is 3.28. The molecule has 1 aromatic heterocycles. The van der Waals surface area contributed by atoms with Gasteiger partial charge in [0, 0.05) is 32.1 Å². The number of likely N-dealkylation sites (tertiary alicyclic amines) is 1. The van der Waals surface area contributed by atoms with Crippen LogP contribution in [0.5, 0.6) is 0 Å². The van der Waals surface area contributed by atoms with Crippen LogP contribution in [0.25, 0.3) is 0 Å². The molecule has 3 amide bonds. The summed E-state index contributed by atoms with van der Waals surface area (Å²) >= 11 is 5.80. The van der Waals surface area contributed by atoms with Gasteiger partial charge in [-0.25, -0.2) is 4.98 Å². The van der Waals surface area contributed by atoms with Gasteiger partial charge in [0.25, 0.3) is 5.91 Å². The van der Waals surface area contributed by atoms with Crippen molar-refractivity contribution in [3.05, 3.63) is 53.2 Å². The van der Waals surface area contributed by atoms with Crippen molar-refractivity contribution >= 4 is 40.8 Å². The molecule has 0 atom stereocenters. The third-order valence-corrected chi connectivity index (χ3v) is 4.89. The van der Waals surface area contributed by atoms with Crippen LogP contribution < -0.4 is 10.6 Å². The molecule has 1 aliphatic heterocycles. The van der Waals surface area contributed by atoms with Gasteiger partial charge in [0.1, 0.15) is 5.82 Å². The first kappa shape index (κ1) is 20.8. The lowest BCUT2D eigenvalue weighted by atomic mass is 10.1. The summed E-state index contributed by atoms with van der Waals surface area (Å²) in [5.41, 5.74) is 0.791. The number of nitrogens with one attached hydrogen (secondary N) is 2. The molecule has 0 radical (unpaired) electrons. The van der Waals surface area contributed by atoms with Crippen molar-refractivity contribution in [1.82, 2.24) is 9.88 Å². The van der Waals surface area contributed by atoms with E-state index in [4.69, 9.17) is 11.6 Å². The Bertz CT molecular complexity index is 886. The van der Waals surface area contributed by atoms with Crippen LogP contribution in [-0.2, 0) is 9.59 Å². The number of nitrogens with zero attached hydrogens (tertiary/aromatic N) is 2. The summed E-state index contributed by atoms with van der Waals surface area (Å²) in [6.45, 7) is 1.51. The molecular formula is C21H23ClN4O3. The first-order valence-corrected chi connectivity index (χ1v) is 10.0. The molecule has 29 heavy (non-hydrogen) atoms. The zero-order valence-electron chi connectivity index (χ0n) is 16.0. The second-order valence-electron chi connectivity index (χ2n) is 6.85. The molecule has 2 heterocycles. The highest BCUT2D eigenvalue weighted by Crippen LogP contribution is 2.18. The molecule has 0 bridgehead atoms. The number of hydrogen-bond donors (Lipinski definition) is 2. The third kappa shape index (κ3) is 6.02. The number of pyridine rings is 1. The van der Waals surface area contributed by atoms with Crippen LogP contribution in [-0.4, -0.2) is 40.7 Å². The van der Waals surface area contributed by atoms with E-state index in [-0.39, 0.29) is 17.7 Å². The lowest BCUT2D eigenvalue weighted by Gasteiger charge is -2.15. The molecule has 0 aliphatic carbocycles. The van der Waals surface area contributed by atoms with Crippen LogP contribution >= 0.6 is 11.6 Å². The highest BCUT2D eigenvalue weighted by atomic mass is 35.5. The number of amides is 3. The lowest BCUT2D eigenvalue weighted by Crippen LogP contribution is -2.25. The van der Waals surface area contributed by atoms with Gasteiger partial charge in [0.15, 0.2) is 0 Å². The Balaban J connectivity index is 1.51. The molecule has 1 aliphatic rings.